The average Bonchev–Trinajstić information content (AvgIpc) is 3.37. The number of amides is 2. The number of aromatic nitrogens is 1. The normalized spacial score (nSPS) is 25.5. The summed E-state index contributed by atoms with van der Waals surface area (Å²) in [5, 5.41) is 16.9. The van der Waals surface area contributed by atoms with E-state index in [1.165, 1.54) is 52.7 Å². The van der Waals surface area contributed by atoms with Gasteiger partial charge in [-0.15, -0.1) is 34.9 Å². The lowest BCUT2D eigenvalue weighted by atomic mass is 10.0. The van der Waals surface area contributed by atoms with Crippen molar-refractivity contribution in [2.45, 2.75) is 23.1 Å². The fraction of sp³-hybridized carbons (Fsp3) is 0.412. The molecule has 3 aliphatic heterocycles. The summed E-state index contributed by atoms with van der Waals surface area (Å²) in [4.78, 5) is 59.9. The molecule has 170 valence electrons. The zero-order valence-corrected chi connectivity index (χ0v) is 19.7. The molecule has 4 rings (SSSR count). The van der Waals surface area contributed by atoms with Crippen molar-refractivity contribution in [2.24, 2.45) is 5.16 Å². The molecule has 0 spiro atoms. The van der Waals surface area contributed by atoms with Gasteiger partial charge in [-0.1, -0.05) is 16.9 Å². The van der Waals surface area contributed by atoms with Gasteiger partial charge < -0.3 is 21.0 Å². The summed E-state index contributed by atoms with van der Waals surface area (Å²) in [5.74, 6) is -1.45. The summed E-state index contributed by atoms with van der Waals surface area (Å²) >= 11 is 4.90. The van der Waals surface area contributed by atoms with E-state index >= 15 is 0 Å². The number of nitrogens with one attached hydrogen (secondary N) is 1. The molecule has 0 radical (unpaired) electrons. The second-order valence-corrected chi connectivity index (χ2v) is 11.1. The first kappa shape index (κ1) is 22.9. The Hall–Kier alpha value is -2.23. The summed E-state index contributed by atoms with van der Waals surface area (Å²) in [6.45, 7) is 0. The number of nitrogens with two attached hydrogens (primary N) is 1. The van der Waals surface area contributed by atoms with Crippen LogP contribution in [0.5, 0.6) is 0 Å². The average molecular weight is 516 g/mol. The number of thiazole rings is 1. The van der Waals surface area contributed by atoms with Crippen molar-refractivity contribution >= 4 is 80.4 Å². The molecular weight excluding hydrogens is 498 g/mol. The van der Waals surface area contributed by atoms with Crippen molar-refractivity contribution in [2.75, 3.05) is 24.3 Å². The number of β-lactam (4-membered cyclic amide) rings is 1. The first-order chi connectivity index (χ1) is 15.3. The van der Waals surface area contributed by atoms with Gasteiger partial charge in [-0.2, -0.15) is 0 Å². The molecule has 1 unspecified atom stereocenters. The molecule has 0 bridgehead atoms. The van der Waals surface area contributed by atoms with Gasteiger partial charge in [0.25, 0.3) is 11.8 Å². The second kappa shape index (κ2) is 9.33. The molecule has 4 N–H and O–H groups in total. The van der Waals surface area contributed by atoms with E-state index in [9.17, 15) is 24.3 Å². The van der Waals surface area contributed by atoms with Crippen LogP contribution in [-0.2, 0) is 24.0 Å². The Bertz CT molecular complexity index is 1060. The second-order valence-electron chi connectivity index (χ2n) is 6.69. The Morgan fingerprint density at radius 3 is 2.81 bits per heavy atom. The third-order valence-corrected chi connectivity index (χ3v) is 9.41. The number of carbonyl (C=O) groups is 4. The highest BCUT2D eigenvalue weighted by Crippen LogP contribution is 2.46. The van der Waals surface area contributed by atoms with Gasteiger partial charge in [0.05, 0.1) is 5.25 Å². The zero-order chi connectivity index (χ0) is 23.0. The van der Waals surface area contributed by atoms with Crippen molar-refractivity contribution in [3.63, 3.8) is 0 Å². The molecule has 3 atom stereocenters. The van der Waals surface area contributed by atoms with Crippen LogP contribution in [0.4, 0.5) is 5.13 Å². The number of carboxylic acid groups (broad SMARTS) is 1. The van der Waals surface area contributed by atoms with Gasteiger partial charge in [0.1, 0.15) is 29.9 Å². The van der Waals surface area contributed by atoms with Crippen LogP contribution in [0.2, 0.25) is 0 Å². The predicted octanol–water partition coefficient (Wildman–Crippen LogP) is 0.537. The molecule has 3 aliphatic rings. The molecule has 2 saturated heterocycles. The number of aliphatic carboxylic acids is 1. The van der Waals surface area contributed by atoms with Crippen LogP contribution < -0.4 is 11.1 Å². The van der Waals surface area contributed by atoms with Crippen LogP contribution in [0.15, 0.2) is 21.1 Å². The summed E-state index contributed by atoms with van der Waals surface area (Å²) < 4.78 is 0. The summed E-state index contributed by atoms with van der Waals surface area (Å²) in [6.07, 6.45) is 0.661. The molecule has 32 heavy (non-hydrogen) atoms. The molecule has 0 aliphatic carbocycles. The SMILES string of the molecule is CO/N=C(\C(=O)N[C@@H]1C(=O)N2C(C(=O)O)=C(SC3CCSC3=O)CS[C@H]12)c1csc(N)n1. The lowest BCUT2D eigenvalue weighted by Crippen LogP contribution is -2.71. The van der Waals surface area contributed by atoms with E-state index in [4.69, 9.17) is 10.6 Å². The molecule has 2 amide bonds. The van der Waals surface area contributed by atoms with Gasteiger partial charge in [0.2, 0.25) is 5.12 Å². The molecular formula is C17H17N5O6S4. The van der Waals surface area contributed by atoms with Gasteiger partial charge in [-0.05, 0) is 6.42 Å². The fourth-order valence-corrected chi connectivity index (χ4v) is 7.89. The molecule has 11 nitrogen and oxygen atoms in total. The van der Waals surface area contributed by atoms with Gasteiger partial charge in [-0.25, -0.2) is 9.78 Å². The highest BCUT2D eigenvalue weighted by Gasteiger charge is 2.55. The third-order valence-electron chi connectivity index (χ3n) is 4.76. The molecule has 2 fully saturated rings. The van der Waals surface area contributed by atoms with Gasteiger partial charge >= 0.3 is 5.97 Å². The van der Waals surface area contributed by atoms with E-state index in [1.807, 2.05) is 0 Å². The van der Waals surface area contributed by atoms with Crippen LogP contribution in [0.1, 0.15) is 12.1 Å². The topological polar surface area (TPSA) is 164 Å². The van der Waals surface area contributed by atoms with Gasteiger partial charge in [0.15, 0.2) is 10.8 Å². The highest BCUT2D eigenvalue weighted by molar-refractivity contribution is 8.17. The Kier molecular flexibility index (Phi) is 6.69. The third kappa shape index (κ3) is 4.21. The smallest absolute Gasteiger partial charge is 0.353 e. The van der Waals surface area contributed by atoms with Crippen LogP contribution >= 0.6 is 46.6 Å². The molecule has 0 aromatic carbocycles. The largest absolute Gasteiger partial charge is 0.477 e. The van der Waals surface area contributed by atoms with Crippen molar-refractivity contribution in [1.29, 1.82) is 0 Å². The number of hydrogen-bond donors (Lipinski definition) is 3. The minimum Gasteiger partial charge on any atom is -0.477 e. The maximum atomic E-state index is 12.8. The molecule has 0 saturated carbocycles. The monoisotopic (exact) mass is 515 g/mol. The first-order valence-corrected chi connectivity index (χ1v) is 13.0. The summed E-state index contributed by atoms with van der Waals surface area (Å²) in [5.41, 5.74) is 5.55. The maximum absolute atomic E-state index is 12.8. The molecule has 1 aromatic heterocycles. The number of nitrogens with zero attached hydrogens (tertiary/aromatic N) is 3. The number of thioether (sulfide) groups is 3. The van der Waals surface area contributed by atoms with Crippen LogP contribution in [0.3, 0.4) is 0 Å². The maximum Gasteiger partial charge on any atom is 0.353 e. The molecule has 1 aromatic rings. The Morgan fingerprint density at radius 1 is 1.44 bits per heavy atom. The van der Waals surface area contributed by atoms with Crippen molar-refractivity contribution < 1.29 is 29.1 Å². The number of hydrogen-bond acceptors (Lipinski definition) is 12. The van der Waals surface area contributed by atoms with E-state index < -0.39 is 29.2 Å². The van der Waals surface area contributed by atoms with Crippen LogP contribution in [0, 0.1) is 0 Å². The highest BCUT2D eigenvalue weighted by atomic mass is 32.2. The predicted molar refractivity (Wildman–Crippen MR) is 123 cm³/mol. The quantitative estimate of drug-likeness (QED) is 0.264. The van der Waals surface area contributed by atoms with Gasteiger partial charge in [0, 0.05) is 21.8 Å². The lowest BCUT2D eigenvalue weighted by Gasteiger charge is -2.49. The summed E-state index contributed by atoms with van der Waals surface area (Å²) in [6, 6.07) is -0.935. The minimum absolute atomic E-state index is 0.0204. The number of carbonyl (C=O) groups excluding carboxylic acids is 3. The standard InChI is InChI=1S/C17H17N5O6S4/c1-28-21-9(6-4-31-17(18)19-6)12(23)20-10-13(24)22-11(15(25)26)8(5-30-14(10)22)32-7-2-3-29-16(7)27/h4,7,10,14H,2-3,5H2,1H3,(H2,18,19)(H,20,23)(H,25,26)/b21-9-/t7?,10-,14-/m1/s1. The van der Waals surface area contributed by atoms with E-state index in [2.05, 4.69) is 15.5 Å². The number of rotatable bonds is 7. The molecule has 15 heteroatoms. The Morgan fingerprint density at radius 2 is 2.22 bits per heavy atom. The zero-order valence-electron chi connectivity index (χ0n) is 16.5. The van der Waals surface area contributed by atoms with E-state index in [-0.39, 0.29) is 32.6 Å². The fourth-order valence-electron chi connectivity index (χ4n) is 3.34. The Labute approximate surface area is 198 Å². The number of carboxylic acids is 1. The first-order valence-electron chi connectivity index (χ1n) is 9.19. The minimum atomic E-state index is -1.24. The van der Waals surface area contributed by atoms with Crippen LogP contribution in [-0.4, -0.2) is 78.9 Å². The van der Waals surface area contributed by atoms with Crippen molar-refractivity contribution in [3.8, 4) is 0 Å². The Balaban J connectivity index is 1.51. The van der Waals surface area contributed by atoms with Gasteiger partial charge in [-0.3, -0.25) is 19.3 Å². The lowest BCUT2D eigenvalue weighted by molar-refractivity contribution is -0.150. The van der Waals surface area contributed by atoms with E-state index in [0.29, 0.717) is 22.8 Å². The summed E-state index contributed by atoms with van der Waals surface area (Å²) in [7, 11) is 1.27. The van der Waals surface area contributed by atoms with Crippen molar-refractivity contribution in [1.82, 2.24) is 15.2 Å². The number of fused-ring (bicyclic) bond motifs is 1. The number of anilines is 1. The van der Waals surface area contributed by atoms with Crippen LogP contribution in [0.25, 0.3) is 0 Å². The van der Waals surface area contributed by atoms with Crippen molar-refractivity contribution in [3.05, 3.63) is 21.7 Å². The molecule has 4 heterocycles. The number of nitrogen functional groups attached to an aromatic ring is 1. The van der Waals surface area contributed by atoms with E-state index in [1.54, 1.807) is 0 Å². The van der Waals surface area contributed by atoms with E-state index in [0.717, 1.165) is 11.3 Å². The number of oxime groups is 1.